The normalized spacial score (nSPS) is 11.5. The molecule has 0 unspecified atom stereocenters. The Kier molecular flexibility index (Phi) is 10.8. The van der Waals surface area contributed by atoms with Crippen molar-refractivity contribution in [3.8, 4) is 45.8 Å². The topological polar surface area (TPSA) is 138 Å². The molecule has 4 aromatic carbocycles. The van der Waals surface area contributed by atoms with Crippen LogP contribution in [-0.2, 0) is 10.0 Å². The summed E-state index contributed by atoms with van der Waals surface area (Å²) in [4.78, 5) is 18.6. The van der Waals surface area contributed by atoms with Crippen LogP contribution in [0.2, 0.25) is 0 Å². The summed E-state index contributed by atoms with van der Waals surface area (Å²) >= 11 is 1.26. The summed E-state index contributed by atoms with van der Waals surface area (Å²) in [5.74, 6) is 1.74. The Bertz CT molecular complexity index is 2390. The van der Waals surface area contributed by atoms with Gasteiger partial charge in [0.05, 0.1) is 58.1 Å². The SMILES string of the molecule is COc1cc(OC)c2c(=O)c(OCCCCSc3nc4ccccc4n3S(=O)(=O)c3ccc(F)cc3)c(-c3cc(OC)c(OC)c(OC)c3)oc2c1. The van der Waals surface area contributed by atoms with Gasteiger partial charge in [-0.2, -0.15) is 0 Å². The molecule has 0 aliphatic rings. The highest BCUT2D eigenvalue weighted by molar-refractivity contribution is 8.00. The molecule has 12 nitrogen and oxygen atoms in total. The van der Waals surface area contributed by atoms with Gasteiger partial charge in [0.2, 0.25) is 16.9 Å². The number of unbranched alkanes of at least 4 members (excludes halogenated alkanes) is 1. The lowest BCUT2D eigenvalue weighted by Gasteiger charge is -2.17. The molecule has 0 saturated heterocycles. The second kappa shape index (κ2) is 15.5. The Morgan fingerprint density at radius 3 is 2.15 bits per heavy atom. The van der Waals surface area contributed by atoms with Gasteiger partial charge in [-0.25, -0.2) is 21.8 Å². The van der Waals surface area contributed by atoms with Crippen LogP contribution in [0.25, 0.3) is 33.3 Å². The highest BCUT2D eigenvalue weighted by atomic mass is 32.2. The third-order valence-electron chi connectivity index (χ3n) is 8.13. The van der Waals surface area contributed by atoms with Gasteiger partial charge in [-0.3, -0.25) is 4.79 Å². The molecular formula is C37H35FN2O10S2. The minimum atomic E-state index is -4.08. The van der Waals surface area contributed by atoms with Gasteiger partial charge in [-0.1, -0.05) is 23.9 Å². The van der Waals surface area contributed by atoms with E-state index in [-0.39, 0.29) is 44.9 Å². The van der Waals surface area contributed by atoms with Crippen LogP contribution in [0.4, 0.5) is 4.39 Å². The maximum absolute atomic E-state index is 14.1. The molecule has 2 aromatic heterocycles. The lowest BCUT2D eigenvalue weighted by Crippen LogP contribution is -2.14. The lowest BCUT2D eigenvalue weighted by atomic mass is 10.1. The number of aromatic nitrogens is 2. The first-order valence-corrected chi connectivity index (χ1v) is 18.3. The molecule has 6 aromatic rings. The standard InChI is InChI=1S/C37H35FN2O10S2/c1-44-24-20-28(45-2)32-29(21-24)50-34(22-18-30(46-3)35(48-5)31(19-22)47-4)36(33(32)41)49-16-8-9-17-51-37-39-26-10-6-7-11-27(26)40(37)52(42,43)25-14-12-23(38)13-15-25/h6-7,10-15,18-21H,8-9,16-17H2,1-5H3. The highest BCUT2D eigenvalue weighted by Gasteiger charge is 2.26. The molecule has 0 amide bonds. The van der Waals surface area contributed by atoms with Crippen LogP contribution >= 0.6 is 11.8 Å². The lowest BCUT2D eigenvalue weighted by molar-refractivity contribution is 0.301. The van der Waals surface area contributed by atoms with Gasteiger partial charge in [0.15, 0.2) is 22.4 Å². The maximum atomic E-state index is 14.1. The van der Waals surface area contributed by atoms with Crippen molar-refractivity contribution in [2.75, 3.05) is 47.9 Å². The number of thioether (sulfide) groups is 1. The molecule has 0 radical (unpaired) electrons. The van der Waals surface area contributed by atoms with Gasteiger partial charge in [-0.05, 0) is 61.4 Å². The van der Waals surface area contributed by atoms with Crippen LogP contribution in [0, 0.1) is 5.82 Å². The van der Waals surface area contributed by atoms with Crippen LogP contribution in [-0.4, -0.2) is 65.3 Å². The summed E-state index contributed by atoms with van der Waals surface area (Å²) in [7, 11) is 3.31. The minimum Gasteiger partial charge on any atom is -0.496 e. The van der Waals surface area contributed by atoms with Crippen LogP contribution in [0.1, 0.15) is 12.8 Å². The van der Waals surface area contributed by atoms with E-state index in [9.17, 15) is 17.6 Å². The second-order valence-electron chi connectivity index (χ2n) is 11.2. The summed E-state index contributed by atoms with van der Waals surface area (Å²) in [5, 5.41) is 0.445. The summed E-state index contributed by atoms with van der Waals surface area (Å²) in [6.45, 7) is 0.122. The molecule has 0 fully saturated rings. The van der Waals surface area contributed by atoms with Crippen LogP contribution < -0.4 is 33.8 Å². The van der Waals surface area contributed by atoms with E-state index >= 15 is 0 Å². The van der Waals surface area contributed by atoms with Gasteiger partial charge in [0.1, 0.15) is 28.3 Å². The average Bonchev–Trinajstić information content (AvgIpc) is 3.54. The second-order valence-corrected chi connectivity index (χ2v) is 14.1. The van der Waals surface area contributed by atoms with E-state index in [1.165, 1.54) is 63.4 Å². The number of ether oxygens (including phenoxy) is 6. The molecule has 6 rings (SSSR count). The van der Waals surface area contributed by atoms with Crippen LogP contribution in [0.3, 0.4) is 0 Å². The number of hydrogen-bond donors (Lipinski definition) is 0. The Hall–Kier alpha value is -5.41. The molecular weight excluding hydrogens is 716 g/mol. The Morgan fingerprint density at radius 2 is 1.50 bits per heavy atom. The molecule has 0 spiro atoms. The van der Waals surface area contributed by atoms with E-state index in [0.29, 0.717) is 58.2 Å². The third kappa shape index (κ3) is 6.93. The fraction of sp³-hybridized carbons (Fsp3) is 0.243. The minimum absolute atomic E-state index is 0.0509. The summed E-state index contributed by atoms with van der Waals surface area (Å²) in [5.41, 5.74) is 1.11. The number of fused-ring (bicyclic) bond motifs is 2. The molecule has 272 valence electrons. The molecule has 0 atom stereocenters. The number of benzene rings is 4. The fourth-order valence-electron chi connectivity index (χ4n) is 5.61. The van der Waals surface area contributed by atoms with Gasteiger partial charge >= 0.3 is 0 Å². The Balaban J connectivity index is 1.27. The van der Waals surface area contributed by atoms with Crippen LogP contribution in [0.15, 0.2) is 92.1 Å². The van der Waals surface area contributed by atoms with Crippen molar-refractivity contribution in [3.63, 3.8) is 0 Å². The van der Waals surface area contributed by atoms with Crippen molar-refractivity contribution < 1.29 is 45.6 Å². The molecule has 2 heterocycles. The van der Waals surface area contributed by atoms with E-state index in [4.69, 9.17) is 32.8 Å². The molecule has 52 heavy (non-hydrogen) atoms. The number of rotatable bonds is 15. The number of hydrogen-bond acceptors (Lipinski definition) is 12. The van der Waals surface area contributed by atoms with Gasteiger partial charge < -0.3 is 32.8 Å². The molecule has 0 saturated carbocycles. The first-order valence-electron chi connectivity index (χ1n) is 15.9. The monoisotopic (exact) mass is 750 g/mol. The fourth-order valence-corrected chi connectivity index (χ4v) is 8.33. The third-order valence-corrected chi connectivity index (χ3v) is 11.0. The van der Waals surface area contributed by atoms with Crippen molar-refractivity contribution >= 4 is 43.8 Å². The predicted molar refractivity (Wildman–Crippen MR) is 195 cm³/mol. The van der Waals surface area contributed by atoms with Crippen molar-refractivity contribution in [3.05, 3.63) is 88.8 Å². The highest BCUT2D eigenvalue weighted by Crippen LogP contribution is 2.44. The van der Waals surface area contributed by atoms with Crippen LogP contribution in [0.5, 0.6) is 34.5 Å². The van der Waals surface area contributed by atoms with E-state index < -0.39 is 21.3 Å². The smallest absolute Gasteiger partial charge is 0.270 e. The number of halogens is 1. The Morgan fingerprint density at radius 1 is 0.808 bits per heavy atom. The number of imidazole rings is 1. The zero-order chi connectivity index (χ0) is 37.0. The van der Waals surface area contributed by atoms with E-state index in [1.54, 1.807) is 48.5 Å². The zero-order valence-corrected chi connectivity index (χ0v) is 30.6. The Labute approximate surface area is 303 Å². The first-order chi connectivity index (χ1) is 25.1. The average molecular weight is 751 g/mol. The maximum Gasteiger partial charge on any atom is 0.270 e. The van der Waals surface area contributed by atoms with E-state index in [1.807, 2.05) is 0 Å². The first kappa shape index (κ1) is 36.4. The molecule has 15 heteroatoms. The van der Waals surface area contributed by atoms with Gasteiger partial charge in [-0.15, -0.1) is 0 Å². The number of para-hydroxylation sites is 2. The summed E-state index contributed by atoms with van der Waals surface area (Å²) in [6.07, 6.45) is 1.06. The van der Waals surface area contributed by atoms with Crippen molar-refractivity contribution in [2.24, 2.45) is 0 Å². The number of methoxy groups -OCH3 is 5. The van der Waals surface area contributed by atoms with E-state index in [2.05, 4.69) is 4.98 Å². The molecule has 0 bridgehead atoms. The molecule has 0 aliphatic carbocycles. The number of nitrogens with zero attached hydrogens (tertiary/aromatic N) is 2. The van der Waals surface area contributed by atoms with Crippen molar-refractivity contribution in [1.29, 1.82) is 0 Å². The van der Waals surface area contributed by atoms with Crippen molar-refractivity contribution in [2.45, 2.75) is 22.9 Å². The van der Waals surface area contributed by atoms with Crippen molar-refractivity contribution in [1.82, 2.24) is 8.96 Å². The summed E-state index contributed by atoms with van der Waals surface area (Å²) < 4.78 is 82.2. The zero-order valence-electron chi connectivity index (χ0n) is 28.9. The predicted octanol–water partition coefficient (Wildman–Crippen LogP) is 7.18. The van der Waals surface area contributed by atoms with E-state index in [0.717, 1.165) is 12.1 Å². The quantitative estimate of drug-likeness (QED) is 0.0777. The van der Waals surface area contributed by atoms with Gasteiger partial charge in [0.25, 0.3) is 10.0 Å². The van der Waals surface area contributed by atoms with Gasteiger partial charge in [0, 0.05) is 23.4 Å². The molecule has 0 aliphatic heterocycles. The molecule has 0 N–H and O–H groups in total. The summed E-state index contributed by atoms with van der Waals surface area (Å²) in [6, 6.07) is 18.1. The largest absolute Gasteiger partial charge is 0.496 e.